The molecular formula is C13H17F3N2O2. The number of alkyl halides is 3. The molecule has 0 bridgehead atoms. The number of hydrogen-bond donors (Lipinski definition) is 1. The van der Waals surface area contributed by atoms with Crippen LogP contribution in [0.4, 0.5) is 13.2 Å². The molecule has 0 aliphatic carbocycles. The maximum Gasteiger partial charge on any atom is 0.417 e. The quantitative estimate of drug-likeness (QED) is 0.927. The molecule has 4 nitrogen and oxygen atoms in total. The lowest BCUT2D eigenvalue weighted by Gasteiger charge is -2.25. The molecule has 0 spiro atoms. The van der Waals surface area contributed by atoms with Crippen LogP contribution in [0.3, 0.4) is 0 Å². The number of nitrogens with one attached hydrogen (secondary N) is 1. The number of pyridine rings is 1. The first-order valence-corrected chi connectivity index (χ1v) is 6.05. The summed E-state index contributed by atoms with van der Waals surface area (Å²) in [5.41, 5.74) is -2.09. The number of rotatable bonds is 4. The number of hydrogen-bond acceptors (Lipinski definition) is 3. The Hall–Kier alpha value is -1.79. The van der Waals surface area contributed by atoms with Crippen molar-refractivity contribution in [2.75, 3.05) is 0 Å². The molecule has 1 heterocycles. The first-order chi connectivity index (χ1) is 9.02. The summed E-state index contributed by atoms with van der Waals surface area (Å²) in [5, 5.41) is 2.67. The first-order valence-electron chi connectivity index (χ1n) is 6.05. The van der Waals surface area contributed by atoms with Gasteiger partial charge in [0, 0.05) is 18.3 Å². The fraction of sp³-hybridized carbons (Fsp3) is 0.538. The number of ether oxygens (including phenoxy) is 1. The molecular weight excluding hydrogens is 273 g/mol. The Balaban J connectivity index is 2.80. The van der Waals surface area contributed by atoms with E-state index in [1.807, 2.05) is 0 Å². The average molecular weight is 290 g/mol. The molecule has 1 N–H and O–H groups in total. The molecule has 0 aromatic carbocycles. The number of nitrogens with zero attached hydrogens (tertiary/aromatic N) is 1. The van der Waals surface area contributed by atoms with E-state index in [1.54, 1.807) is 13.8 Å². The molecule has 0 fully saturated rings. The van der Waals surface area contributed by atoms with Crippen molar-refractivity contribution >= 4 is 5.91 Å². The predicted molar refractivity (Wildman–Crippen MR) is 67.2 cm³/mol. The van der Waals surface area contributed by atoms with Crippen molar-refractivity contribution in [3.05, 3.63) is 23.9 Å². The van der Waals surface area contributed by atoms with E-state index in [0.29, 0.717) is 6.20 Å². The summed E-state index contributed by atoms with van der Waals surface area (Å²) in [6, 6.07) is 1.89. The number of carbonyl (C=O) groups is 1. The first kappa shape index (κ1) is 16.3. The van der Waals surface area contributed by atoms with Gasteiger partial charge in [-0.1, -0.05) is 0 Å². The predicted octanol–water partition coefficient (Wildman–Crippen LogP) is 2.78. The van der Waals surface area contributed by atoms with Gasteiger partial charge >= 0.3 is 6.18 Å². The fourth-order valence-electron chi connectivity index (χ4n) is 1.35. The second-order valence-corrected chi connectivity index (χ2v) is 5.12. The van der Waals surface area contributed by atoms with Crippen LogP contribution in [0.15, 0.2) is 18.3 Å². The van der Waals surface area contributed by atoms with Crippen LogP contribution in [0.2, 0.25) is 0 Å². The Morgan fingerprint density at radius 2 is 1.90 bits per heavy atom. The molecule has 0 unspecified atom stereocenters. The summed E-state index contributed by atoms with van der Waals surface area (Å²) in [6.45, 7) is 6.63. The lowest BCUT2D eigenvalue weighted by molar-refractivity contribution is -0.138. The monoisotopic (exact) mass is 290 g/mol. The van der Waals surface area contributed by atoms with Gasteiger partial charge in [-0.2, -0.15) is 13.2 Å². The molecule has 1 rings (SSSR count). The average Bonchev–Trinajstić information content (AvgIpc) is 2.26. The summed E-state index contributed by atoms with van der Waals surface area (Å²) in [5.74, 6) is -0.406. The van der Waals surface area contributed by atoms with E-state index in [1.165, 1.54) is 13.8 Å². The minimum absolute atomic E-state index is 0.0399. The van der Waals surface area contributed by atoms with Crippen LogP contribution >= 0.6 is 0 Å². The maximum absolute atomic E-state index is 12.4. The Bertz CT molecular complexity index is 467. The van der Waals surface area contributed by atoms with E-state index in [0.717, 1.165) is 12.1 Å². The zero-order chi connectivity index (χ0) is 15.6. The molecule has 1 aromatic rings. The van der Waals surface area contributed by atoms with Gasteiger partial charge in [-0.15, -0.1) is 0 Å². The van der Waals surface area contributed by atoms with Crippen LogP contribution in [0, 0.1) is 0 Å². The zero-order valence-corrected chi connectivity index (χ0v) is 11.7. The van der Waals surface area contributed by atoms with E-state index < -0.39 is 17.3 Å². The normalized spacial score (nSPS) is 12.4. The zero-order valence-electron chi connectivity index (χ0n) is 11.7. The summed E-state index contributed by atoms with van der Waals surface area (Å²) < 4.78 is 42.5. The summed E-state index contributed by atoms with van der Waals surface area (Å²) in [4.78, 5) is 15.4. The topological polar surface area (TPSA) is 51.2 Å². The smallest absolute Gasteiger partial charge is 0.417 e. The molecule has 0 atom stereocenters. The van der Waals surface area contributed by atoms with Crippen molar-refractivity contribution in [2.24, 2.45) is 0 Å². The van der Waals surface area contributed by atoms with Gasteiger partial charge in [-0.25, -0.2) is 4.98 Å². The second kappa shape index (κ2) is 5.68. The maximum atomic E-state index is 12.4. The van der Waals surface area contributed by atoms with Crippen LogP contribution in [-0.4, -0.2) is 22.5 Å². The molecule has 0 saturated heterocycles. The lowest BCUT2D eigenvalue weighted by Crippen LogP contribution is -2.48. The van der Waals surface area contributed by atoms with Crippen molar-refractivity contribution in [3.8, 4) is 5.88 Å². The van der Waals surface area contributed by atoms with Gasteiger partial charge in [0.2, 0.25) is 5.88 Å². The summed E-state index contributed by atoms with van der Waals surface area (Å²) in [6.07, 6.45) is -3.78. The van der Waals surface area contributed by atoms with Crippen molar-refractivity contribution < 1.29 is 22.7 Å². The summed E-state index contributed by atoms with van der Waals surface area (Å²) >= 11 is 0. The highest BCUT2D eigenvalue weighted by Gasteiger charge is 2.33. The van der Waals surface area contributed by atoms with Gasteiger partial charge in [0.25, 0.3) is 5.91 Å². The number of halogens is 3. The molecule has 0 radical (unpaired) electrons. The molecule has 20 heavy (non-hydrogen) atoms. The van der Waals surface area contributed by atoms with Crippen LogP contribution in [0.1, 0.15) is 33.3 Å². The SMILES string of the molecule is CC(C)NC(=O)C(C)(C)Oc1ccc(C(F)(F)F)cn1. The number of aromatic nitrogens is 1. The fourth-order valence-corrected chi connectivity index (χ4v) is 1.35. The minimum atomic E-state index is -4.45. The molecule has 0 saturated carbocycles. The van der Waals surface area contributed by atoms with Gasteiger partial charge in [-0.3, -0.25) is 4.79 Å². The number of carbonyl (C=O) groups excluding carboxylic acids is 1. The summed E-state index contributed by atoms with van der Waals surface area (Å²) in [7, 11) is 0. The van der Waals surface area contributed by atoms with Gasteiger partial charge < -0.3 is 10.1 Å². The van der Waals surface area contributed by atoms with Gasteiger partial charge in [0.1, 0.15) is 0 Å². The van der Waals surface area contributed by atoms with Crippen molar-refractivity contribution in [3.63, 3.8) is 0 Å². The highest BCUT2D eigenvalue weighted by molar-refractivity contribution is 5.84. The Morgan fingerprint density at radius 3 is 2.30 bits per heavy atom. The van der Waals surface area contributed by atoms with E-state index in [-0.39, 0.29) is 17.8 Å². The largest absolute Gasteiger partial charge is 0.462 e. The highest BCUT2D eigenvalue weighted by Crippen LogP contribution is 2.29. The highest BCUT2D eigenvalue weighted by atomic mass is 19.4. The van der Waals surface area contributed by atoms with E-state index in [9.17, 15) is 18.0 Å². The number of amides is 1. The molecule has 112 valence electrons. The van der Waals surface area contributed by atoms with Crippen molar-refractivity contribution in [2.45, 2.75) is 45.5 Å². The van der Waals surface area contributed by atoms with Crippen LogP contribution in [-0.2, 0) is 11.0 Å². The third kappa shape index (κ3) is 4.40. The third-order valence-corrected chi connectivity index (χ3v) is 2.39. The molecule has 7 heteroatoms. The van der Waals surface area contributed by atoms with Crippen molar-refractivity contribution in [1.29, 1.82) is 0 Å². The minimum Gasteiger partial charge on any atom is -0.462 e. The van der Waals surface area contributed by atoms with E-state index >= 15 is 0 Å². The molecule has 0 aliphatic heterocycles. The Labute approximate surface area is 115 Å². The molecule has 1 amide bonds. The van der Waals surface area contributed by atoms with Crippen LogP contribution in [0.5, 0.6) is 5.88 Å². The third-order valence-electron chi connectivity index (χ3n) is 2.39. The van der Waals surface area contributed by atoms with Gasteiger partial charge in [-0.05, 0) is 33.8 Å². The van der Waals surface area contributed by atoms with E-state index in [2.05, 4.69) is 10.3 Å². The Kier molecular flexibility index (Phi) is 4.62. The van der Waals surface area contributed by atoms with Gasteiger partial charge in [0.15, 0.2) is 5.60 Å². The Morgan fingerprint density at radius 1 is 1.30 bits per heavy atom. The van der Waals surface area contributed by atoms with Gasteiger partial charge in [0.05, 0.1) is 5.56 Å². The lowest BCUT2D eigenvalue weighted by atomic mass is 10.1. The van der Waals surface area contributed by atoms with Crippen LogP contribution in [0.25, 0.3) is 0 Å². The molecule has 1 aromatic heterocycles. The molecule has 0 aliphatic rings. The van der Waals surface area contributed by atoms with Crippen molar-refractivity contribution in [1.82, 2.24) is 10.3 Å². The standard InChI is InChI=1S/C13H17F3N2O2/c1-8(2)18-11(19)12(3,4)20-10-6-5-9(7-17-10)13(14,15)16/h5-8H,1-4H3,(H,18,19). The van der Waals surface area contributed by atoms with E-state index in [4.69, 9.17) is 4.74 Å². The van der Waals surface area contributed by atoms with Crippen LogP contribution < -0.4 is 10.1 Å². The second-order valence-electron chi connectivity index (χ2n) is 5.12.